The second kappa shape index (κ2) is 9.71. The SMILES string of the molecule is C=CCOCC(COCCC)OC. The molecule has 3 nitrogen and oxygen atoms in total. The molecule has 0 aliphatic heterocycles. The number of hydrogen-bond donors (Lipinski definition) is 0. The lowest BCUT2D eigenvalue weighted by molar-refractivity contribution is -0.0358. The second-order valence-electron chi connectivity index (χ2n) is 2.76. The van der Waals surface area contributed by atoms with Crippen molar-refractivity contribution in [2.24, 2.45) is 0 Å². The van der Waals surface area contributed by atoms with E-state index in [1.165, 1.54) is 0 Å². The molecule has 0 aliphatic carbocycles. The lowest BCUT2D eigenvalue weighted by atomic mass is 10.4. The van der Waals surface area contributed by atoms with Crippen LogP contribution in [0.25, 0.3) is 0 Å². The summed E-state index contributed by atoms with van der Waals surface area (Å²) in [5, 5.41) is 0. The molecule has 0 aromatic carbocycles. The molecule has 0 fully saturated rings. The Morgan fingerprint density at radius 2 is 2.00 bits per heavy atom. The van der Waals surface area contributed by atoms with Gasteiger partial charge < -0.3 is 14.2 Å². The number of rotatable bonds is 9. The molecule has 1 unspecified atom stereocenters. The summed E-state index contributed by atoms with van der Waals surface area (Å²) < 4.78 is 15.7. The van der Waals surface area contributed by atoms with Crippen LogP contribution in [0.15, 0.2) is 12.7 Å². The van der Waals surface area contributed by atoms with Gasteiger partial charge in [-0.2, -0.15) is 0 Å². The van der Waals surface area contributed by atoms with Crippen molar-refractivity contribution >= 4 is 0 Å². The van der Waals surface area contributed by atoms with Crippen LogP contribution in [-0.2, 0) is 14.2 Å². The fourth-order valence-electron chi connectivity index (χ4n) is 0.826. The molecule has 78 valence electrons. The van der Waals surface area contributed by atoms with Gasteiger partial charge in [0.15, 0.2) is 0 Å². The van der Waals surface area contributed by atoms with E-state index in [-0.39, 0.29) is 6.10 Å². The van der Waals surface area contributed by atoms with Crippen LogP contribution in [0.3, 0.4) is 0 Å². The molecule has 0 N–H and O–H groups in total. The largest absolute Gasteiger partial charge is 0.379 e. The molecule has 0 saturated heterocycles. The minimum absolute atomic E-state index is 0.0338. The van der Waals surface area contributed by atoms with Gasteiger partial charge in [-0.3, -0.25) is 0 Å². The second-order valence-corrected chi connectivity index (χ2v) is 2.76. The first-order chi connectivity index (χ1) is 6.35. The molecule has 0 aromatic heterocycles. The highest BCUT2D eigenvalue weighted by Gasteiger charge is 2.06. The summed E-state index contributed by atoms with van der Waals surface area (Å²) in [6.07, 6.45) is 2.79. The van der Waals surface area contributed by atoms with Gasteiger partial charge in [0.25, 0.3) is 0 Å². The van der Waals surface area contributed by atoms with Crippen LogP contribution >= 0.6 is 0 Å². The van der Waals surface area contributed by atoms with Crippen LogP contribution in [0.5, 0.6) is 0 Å². The smallest absolute Gasteiger partial charge is 0.104 e. The zero-order chi connectivity index (χ0) is 9.94. The summed E-state index contributed by atoms with van der Waals surface area (Å²) in [6, 6.07) is 0. The molecular weight excluding hydrogens is 168 g/mol. The van der Waals surface area contributed by atoms with Crippen molar-refractivity contribution in [3.63, 3.8) is 0 Å². The fourth-order valence-corrected chi connectivity index (χ4v) is 0.826. The van der Waals surface area contributed by atoms with Crippen LogP contribution in [0.1, 0.15) is 13.3 Å². The summed E-state index contributed by atoms with van der Waals surface area (Å²) in [4.78, 5) is 0. The van der Waals surface area contributed by atoms with Crippen LogP contribution in [0.4, 0.5) is 0 Å². The Balaban J connectivity index is 3.33. The van der Waals surface area contributed by atoms with Crippen LogP contribution in [-0.4, -0.2) is 39.6 Å². The van der Waals surface area contributed by atoms with Gasteiger partial charge in [0.1, 0.15) is 6.10 Å². The Kier molecular flexibility index (Phi) is 9.42. The van der Waals surface area contributed by atoms with E-state index in [2.05, 4.69) is 13.5 Å². The summed E-state index contributed by atoms with van der Waals surface area (Å²) in [5.74, 6) is 0. The molecule has 13 heavy (non-hydrogen) atoms. The van der Waals surface area contributed by atoms with Gasteiger partial charge in [0.05, 0.1) is 19.8 Å². The zero-order valence-corrected chi connectivity index (χ0v) is 8.62. The zero-order valence-electron chi connectivity index (χ0n) is 8.62. The van der Waals surface area contributed by atoms with Gasteiger partial charge >= 0.3 is 0 Å². The highest BCUT2D eigenvalue weighted by molar-refractivity contribution is 4.65. The lowest BCUT2D eigenvalue weighted by Crippen LogP contribution is -2.24. The fraction of sp³-hybridized carbons (Fsp3) is 0.800. The minimum Gasteiger partial charge on any atom is -0.379 e. The molecule has 0 spiro atoms. The molecule has 0 rings (SSSR count). The van der Waals surface area contributed by atoms with Crippen LogP contribution in [0, 0.1) is 0 Å². The van der Waals surface area contributed by atoms with Gasteiger partial charge in [-0.15, -0.1) is 6.58 Å². The molecule has 0 heterocycles. The Morgan fingerprint density at radius 1 is 1.31 bits per heavy atom. The number of methoxy groups -OCH3 is 1. The Hall–Kier alpha value is -0.380. The lowest BCUT2D eigenvalue weighted by Gasteiger charge is -2.14. The van der Waals surface area contributed by atoms with Crippen molar-refractivity contribution in [2.75, 3.05) is 33.5 Å². The van der Waals surface area contributed by atoms with E-state index in [9.17, 15) is 0 Å². The number of ether oxygens (including phenoxy) is 3. The Bertz CT molecular complexity index is 115. The summed E-state index contributed by atoms with van der Waals surface area (Å²) in [5.41, 5.74) is 0. The van der Waals surface area contributed by atoms with Crippen molar-refractivity contribution < 1.29 is 14.2 Å². The first kappa shape index (κ1) is 12.6. The van der Waals surface area contributed by atoms with Gasteiger partial charge in [-0.05, 0) is 6.42 Å². The Labute approximate surface area is 80.7 Å². The molecule has 0 saturated carbocycles. The first-order valence-electron chi connectivity index (χ1n) is 4.64. The van der Waals surface area contributed by atoms with Crippen LogP contribution < -0.4 is 0 Å². The first-order valence-corrected chi connectivity index (χ1v) is 4.64. The maximum absolute atomic E-state index is 5.34. The monoisotopic (exact) mass is 188 g/mol. The maximum Gasteiger partial charge on any atom is 0.104 e. The molecule has 1 atom stereocenters. The van der Waals surface area contributed by atoms with E-state index >= 15 is 0 Å². The minimum atomic E-state index is 0.0338. The average molecular weight is 188 g/mol. The van der Waals surface area contributed by atoms with Gasteiger partial charge in [-0.1, -0.05) is 13.0 Å². The highest BCUT2D eigenvalue weighted by atomic mass is 16.6. The van der Waals surface area contributed by atoms with Gasteiger partial charge in [0, 0.05) is 13.7 Å². The van der Waals surface area contributed by atoms with Crippen molar-refractivity contribution in [1.29, 1.82) is 0 Å². The summed E-state index contributed by atoms with van der Waals surface area (Å²) >= 11 is 0. The third-order valence-electron chi connectivity index (χ3n) is 1.52. The van der Waals surface area contributed by atoms with Crippen molar-refractivity contribution in [2.45, 2.75) is 19.4 Å². The summed E-state index contributed by atoms with van der Waals surface area (Å²) in [7, 11) is 1.66. The highest BCUT2D eigenvalue weighted by Crippen LogP contribution is 1.94. The quantitative estimate of drug-likeness (QED) is 0.406. The predicted octanol–water partition coefficient (Wildman–Crippen LogP) is 1.63. The molecule has 3 heteroatoms. The van der Waals surface area contributed by atoms with Crippen molar-refractivity contribution in [3.8, 4) is 0 Å². The average Bonchev–Trinajstić information content (AvgIpc) is 2.16. The maximum atomic E-state index is 5.34. The van der Waals surface area contributed by atoms with E-state index in [0.29, 0.717) is 19.8 Å². The third kappa shape index (κ3) is 7.96. The van der Waals surface area contributed by atoms with E-state index in [1.807, 2.05) is 0 Å². The van der Waals surface area contributed by atoms with E-state index in [4.69, 9.17) is 14.2 Å². The van der Waals surface area contributed by atoms with Crippen LogP contribution in [0.2, 0.25) is 0 Å². The predicted molar refractivity (Wildman–Crippen MR) is 52.9 cm³/mol. The molecular formula is C10H20O3. The molecule has 0 amide bonds. The van der Waals surface area contributed by atoms with E-state index < -0.39 is 0 Å². The van der Waals surface area contributed by atoms with Gasteiger partial charge in [-0.25, -0.2) is 0 Å². The van der Waals surface area contributed by atoms with E-state index in [0.717, 1.165) is 13.0 Å². The molecule has 0 radical (unpaired) electrons. The standard InChI is InChI=1S/C10H20O3/c1-4-6-12-8-10(11-3)9-13-7-5-2/h4,10H,1,5-9H2,2-3H3. The molecule has 0 aromatic rings. The topological polar surface area (TPSA) is 27.7 Å². The van der Waals surface area contributed by atoms with Gasteiger partial charge in [0.2, 0.25) is 0 Å². The normalized spacial score (nSPS) is 12.8. The number of hydrogen-bond acceptors (Lipinski definition) is 3. The third-order valence-corrected chi connectivity index (χ3v) is 1.52. The molecule has 0 aliphatic rings. The van der Waals surface area contributed by atoms with E-state index in [1.54, 1.807) is 13.2 Å². The van der Waals surface area contributed by atoms with Crippen molar-refractivity contribution in [1.82, 2.24) is 0 Å². The molecule has 0 bridgehead atoms. The summed E-state index contributed by atoms with van der Waals surface area (Å²) in [6.45, 7) is 8.14. The Morgan fingerprint density at radius 3 is 2.54 bits per heavy atom. The van der Waals surface area contributed by atoms with Crippen molar-refractivity contribution in [3.05, 3.63) is 12.7 Å².